The van der Waals surface area contributed by atoms with Crippen LogP contribution in [-0.2, 0) is 11.2 Å². The van der Waals surface area contributed by atoms with Crippen molar-refractivity contribution in [3.63, 3.8) is 0 Å². The fourth-order valence-electron chi connectivity index (χ4n) is 3.59. The molecule has 0 aliphatic heterocycles. The van der Waals surface area contributed by atoms with E-state index in [4.69, 9.17) is 13.9 Å². The van der Waals surface area contributed by atoms with Crippen LogP contribution in [0.25, 0.3) is 17.0 Å². The number of methoxy groups -OCH3 is 2. The first-order valence-corrected chi connectivity index (χ1v) is 10.7. The predicted octanol–water partition coefficient (Wildman–Crippen LogP) is 3.91. The molecule has 0 unspecified atom stereocenters. The number of benzene rings is 2. The van der Waals surface area contributed by atoms with E-state index in [0.717, 1.165) is 16.5 Å². The molecule has 0 saturated heterocycles. The van der Waals surface area contributed by atoms with Crippen LogP contribution in [0, 0.1) is 0 Å². The molecule has 34 heavy (non-hydrogen) atoms. The smallest absolute Gasteiger partial charge is 0.267 e. The Hall–Kier alpha value is -4.46. The lowest BCUT2D eigenvalue weighted by molar-refractivity contribution is -0.117. The molecule has 0 aliphatic rings. The number of fused-ring (bicyclic) bond motifs is 1. The summed E-state index contributed by atoms with van der Waals surface area (Å²) in [5, 5.41) is 6.67. The lowest BCUT2D eigenvalue weighted by Gasteiger charge is -2.12. The summed E-state index contributed by atoms with van der Waals surface area (Å²) >= 11 is 0. The second kappa shape index (κ2) is 10.4. The molecule has 2 aromatic heterocycles. The van der Waals surface area contributed by atoms with Crippen LogP contribution in [0.4, 0.5) is 0 Å². The number of ether oxygens (including phenoxy) is 2. The van der Waals surface area contributed by atoms with Gasteiger partial charge in [-0.3, -0.25) is 9.59 Å². The summed E-state index contributed by atoms with van der Waals surface area (Å²) in [4.78, 5) is 29.1. The molecule has 0 fully saturated rings. The second-order valence-electron chi connectivity index (χ2n) is 7.46. The fraction of sp³-hybridized carbons (Fsp3) is 0.154. The van der Waals surface area contributed by atoms with E-state index < -0.39 is 11.8 Å². The minimum absolute atomic E-state index is 0.0636. The standard InChI is InChI=1S/C26H25N3O5/c1-32-23-10-9-17(14-24(23)33-2)25(30)29-22(15-19-6-5-13-34-19)26(31)27-12-11-18-16-28-21-8-4-3-7-20(18)21/h3-10,13-16,28H,11-12H2,1-2H3,(H,27,31)(H,29,30). The van der Waals surface area contributed by atoms with Crippen LogP contribution in [0.1, 0.15) is 21.7 Å². The first-order valence-electron chi connectivity index (χ1n) is 10.7. The number of amides is 2. The Morgan fingerprint density at radius 2 is 1.85 bits per heavy atom. The van der Waals surface area contributed by atoms with Gasteiger partial charge < -0.3 is 29.5 Å². The van der Waals surface area contributed by atoms with Crippen molar-refractivity contribution in [3.8, 4) is 11.5 Å². The van der Waals surface area contributed by atoms with Crippen molar-refractivity contribution >= 4 is 28.8 Å². The third-order valence-electron chi connectivity index (χ3n) is 5.32. The summed E-state index contributed by atoms with van der Waals surface area (Å²) in [7, 11) is 3.01. The Morgan fingerprint density at radius 3 is 2.62 bits per heavy atom. The third-order valence-corrected chi connectivity index (χ3v) is 5.32. The number of aromatic nitrogens is 1. The van der Waals surface area contributed by atoms with Crippen LogP contribution in [-0.4, -0.2) is 37.6 Å². The van der Waals surface area contributed by atoms with E-state index in [1.807, 2.05) is 30.5 Å². The molecule has 0 aliphatic carbocycles. The molecule has 0 spiro atoms. The quantitative estimate of drug-likeness (QED) is 0.329. The lowest BCUT2D eigenvalue weighted by Crippen LogP contribution is -2.35. The van der Waals surface area contributed by atoms with Crippen molar-refractivity contribution in [2.75, 3.05) is 20.8 Å². The number of para-hydroxylation sites is 1. The van der Waals surface area contributed by atoms with Gasteiger partial charge in [0.15, 0.2) is 11.5 Å². The van der Waals surface area contributed by atoms with Gasteiger partial charge in [-0.05, 0) is 48.4 Å². The molecule has 8 heteroatoms. The van der Waals surface area contributed by atoms with Crippen LogP contribution in [0.15, 0.2) is 77.2 Å². The van der Waals surface area contributed by atoms with E-state index in [2.05, 4.69) is 15.6 Å². The van der Waals surface area contributed by atoms with E-state index in [1.54, 1.807) is 30.3 Å². The van der Waals surface area contributed by atoms with E-state index in [-0.39, 0.29) is 5.70 Å². The van der Waals surface area contributed by atoms with Crippen molar-refractivity contribution in [3.05, 3.63) is 89.6 Å². The van der Waals surface area contributed by atoms with Gasteiger partial charge in [0.05, 0.1) is 20.5 Å². The van der Waals surface area contributed by atoms with E-state index in [9.17, 15) is 9.59 Å². The van der Waals surface area contributed by atoms with Crippen LogP contribution in [0.5, 0.6) is 11.5 Å². The zero-order chi connectivity index (χ0) is 23.9. The highest BCUT2D eigenvalue weighted by Crippen LogP contribution is 2.27. The number of rotatable bonds is 9. The molecule has 4 rings (SSSR count). The van der Waals surface area contributed by atoms with Gasteiger partial charge in [-0.1, -0.05) is 18.2 Å². The Labute approximate surface area is 196 Å². The van der Waals surface area contributed by atoms with Crippen molar-refractivity contribution in [1.82, 2.24) is 15.6 Å². The summed E-state index contributed by atoms with van der Waals surface area (Å²) < 4.78 is 15.8. The summed E-state index contributed by atoms with van der Waals surface area (Å²) in [5.74, 6) is 0.459. The maximum absolute atomic E-state index is 13.0. The highest BCUT2D eigenvalue weighted by Gasteiger charge is 2.17. The summed E-state index contributed by atoms with van der Waals surface area (Å²) in [6, 6.07) is 16.2. The third kappa shape index (κ3) is 5.12. The minimum atomic E-state index is -0.467. The van der Waals surface area contributed by atoms with Gasteiger partial charge in [0.25, 0.3) is 11.8 Å². The minimum Gasteiger partial charge on any atom is -0.493 e. The maximum atomic E-state index is 13.0. The summed E-state index contributed by atoms with van der Waals surface area (Å²) in [6.45, 7) is 0.391. The Morgan fingerprint density at radius 1 is 1.03 bits per heavy atom. The fourth-order valence-corrected chi connectivity index (χ4v) is 3.59. The molecule has 2 heterocycles. The lowest BCUT2D eigenvalue weighted by atomic mass is 10.1. The van der Waals surface area contributed by atoms with Gasteiger partial charge in [-0.2, -0.15) is 0 Å². The first kappa shape index (κ1) is 22.7. The van der Waals surface area contributed by atoms with Crippen molar-refractivity contribution in [2.24, 2.45) is 0 Å². The molecule has 8 nitrogen and oxygen atoms in total. The molecule has 2 amide bonds. The highest BCUT2D eigenvalue weighted by atomic mass is 16.5. The van der Waals surface area contributed by atoms with E-state index in [1.165, 1.54) is 26.6 Å². The number of nitrogens with one attached hydrogen (secondary N) is 3. The average molecular weight is 460 g/mol. The van der Waals surface area contributed by atoms with Gasteiger partial charge in [0.1, 0.15) is 11.5 Å². The number of carbonyl (C=O) groups is 2. The van der Waals surface area contributed by atoms with E-state index in [0.29, 0.717) is 35.8 Å². The Bertz CT molecular complexity index is 1320. The molecule has 0 saturated carbocycles. The summed E-state index contributed by atoms with van der Waals surface area (Å²) in [5.41, 5.74) is 2.52. The normalized spacial score (nSPS) is 11.3. The Balaban J connectivity index is 1.47. The topological polar surface area (TPSA) is 106 Å². The monoisotopic (exact) mass is 459 g/mol. The van der Waals surface area contributed by atoms with E-state index >= 15 is 0 Å². The number of aromatic amines is 1. The van der Waals surface area contributed by atoms with Gasteiger partial charge in [-0.15, -0.1) is 0 Å². The molecule has 2 aromatic carbocycles. The average Bonchev–Trinajstić information content (AvgIpc) is 3.53. The molecular formula is C26H25N3O5. The molecule has 4 aromatic rings. The van der Waals surface area contributed by atoms with Crippen molar-refractivity contribution in [2.45, 2.75) is 6.42 Å². The molecular weight excluding hydrogens is 434 g/mol. The zero-order valence-corrected chi connectivity index (χ0v) is 18.9. The Kier molecular flexibility index (Phi) is 6.98. The largest absolute Gasteiger partial charge is 0.493 e. The second-order valence-corrected chi connectivity index (χ2v) is 7.46. The molecule has 3 N–H and O–H groups in total. The molecule has 174 valence electrons. The van der Waals surface area contributed by atoms with Crippen LogP contribution in [0.3, 0.4) is 0 Å². The van der Waals surface area contributed by atoms with Gasteiger partial charge in [0.2, 0.25) is 0 Å². The molecule has 0 radical (unpaired) electrons. The number of furan rings is 1. The van der Waals surface area contributed by atoms with Gasteiger partial charge in [0, 0.05) is 35.3 Å². The SMILES string of the molecule is COc1ccc(C(=O)NC(=Cc2ccco2)C(=O)NCCc2c[nH]c3ccccc23)cc1OC. The first-order chi connectivity index (χ1) is 16.6. The zero-order valence-electron chi connectivity index (χ0n) is 18.9. The maximum Gasteiger partial charge on any atom is 0.267 e. The van der Waals surface area contributed by atoms with Crippen LogP contribution < -0.4 is 20.1 Å². The predicted molar refractivity (Wildman–Crippen MR) is 129 cm³/mol. The van der Waals surface area contributed by atoms with Crippen molar-refractivity contribution in [1.29, 1.82) is 0 Å². The number of hydrogen-bond donors (Lipinski definition) is 3. The van der Waals surface area contributed by atoms with Gasteiger partial charge in [-0.25, -0.2) is 0 Å². The number of hydrogen-bond acceptors (Lipinski definition) is 5. The van der Waals surface area contributed by atoms with Crippen LogP contribution >= 0.6 is 0 Å². The summed E-state index contributed by atoms with van der Waals surface area (Å²) in [6.07, 6.45) is 5.55. The number of H-pyrrole nitrogens is 1. The molecule has 0 atom stereocenters. The van der Waals surface area contributed by atoms with Crippen molar-refractivity contribution < 1.29 is 23.5 Å². The van der Waals surface area contributed by atoms with Crippen LogP contribution in [0.2, 0.25) is 0 Å². The molecule has 0 bridgehead atoms. The number of carbonyl (C=O) groups excluding carboxylic acids is 2. The highest BCUT2D eigenvalue weighted by molar-refractivity contribution is 6.05. The van der Waals surface area contributed by atoms with Gasteiger partial charge >= 0.3 is 0 Å².